The number of thiazole rings is 1. The van der Waals surface area contributed by atoms with Gasteiger partial charge < -0.3 is 5.32 Å². The number of nitrogens with zero attached hydrogens (tertiary/aromatic N) is 1. The molecule has 2 aromatic heterocycles. The van der Waals surface area contributed by atoms with Crippen molar-refractivity contribution >= 4 is 55.4 Å². The number of hydrogen-bond acceptors (Lipinski definition) is 5. The van der Waals surface area contributed by atoms with E-state index in [1.54, 1.807) is 6.92 Å². The van der Waals surface area contributed by atoms with Crippen LogP contribution >= 0.6 is 22.7 Å². The number of thiophene rings is 1. The van der Waals surface area contributed by atoms with E-state index in [2.05, 4.69) is 15.6 Å². The number of rotatable bonds is 4. The minimum absolute atomic E-state index is 0.220. The first-order valence-electron chi connectivity index (χ1n) is 9.48. The van der Waals surface area contributed by atoms with Crippen molar-refractivity contribution < 1.29 is 9.59 Å². The Morgan fingerprint density at radius 1 is 0.867 bits per heavy atom. The topological polar surface area (TPSA) is 71.1 Å². The predicted octanol–water partition coefficient (Wildman–Crippen LogP) is 6.10. The Labute approximate surface area is 182 Å². The van der Waals surface area contributed by atoms with Gasteiger partial charge >= 0.3 is 0 Å². The van der Waals surface area contributed by atoms with Gasteiger partial charge in [0.1, 0.15) is 4.88 Å². The first-order valence-corrected chi connectivity index (χ1v) is 11.1. The minimum atomic E-state index is -0.220. The van der Waals surface area contributed by atoms with Gasteiger partial charge in [-0.2, -0.15) is 0 Å². The molecule has 2 amide bonds. The van der Waals surface area contributed by atoms with E-state index >= 15 is 0 Å². The van der Waals surface area contributed by atoms with Gasteiger partial charge in [-0.3, -0.25) is 14.9 Å². The molecule has 2 heterocycles. The summed E-state index contributed by atoms with van der Waals surface area (Å²) in [6.45, 7) is 7.76. The van der Waals surface area contributed by atoms with Crippen molar-refractivity contribution in [2.24, 2.45) is 0 Å². The van der Waals surface area contributed by atoms with Crippen LogP contribution in [0, 0.1) is 27.7 Å². The average molecular weight is 436 g/mol. The Hall–Kier alpha value is -3.03. The van der Waals surface area contributed by atoms with Crippen LogP contribution in [0.1, 0.15) is 41.7 Å². The fourth-order valence-corrected chi connectivity index (χ4v) is 5.28. The molecule has 0 saturated heterocycles. The van der Waals surface area contributed by atoms with Gasteiger partial charge in [0.25, 0.3) is 11.8 Å². The van der Waals surface area contributed by atoms with Crippen LogP contribution in [0.3, 0.4) is 0 Å². The van der Waals surface area contributed by atoms with Gasteiger partial charge in [-0.25, -0.2) is 4.98 Å². The summed E-state index contributed by atoms with van der Waals surface area (Å²) in [7, 11) is 0. The van der Waals surface area contributed by atoms with Crippen molar-refractivity contribution in [2.45, 2.75) is 27.7 Å². The van der Waals surface area contributed by atoms with Crippen LogP contribution in [0.2, 0.25) is 0 Å². The molecule has 5 nitrogen and oxygen atoms in total. The summed E-state index contributed by atoms with van der Waals surface area (Å²) in [5.74, 6) is -0.440. The first-order chi connectivity index (χ1) is 14.3. The van der Waals surface area contributed by atoms with E-state index in [1.807, 2.05) is 63.2 Å². The minimum Gasteiger partial charge on any atom is -0.321 e. The molecule has 152 valence electrons. The zero-order valence-corrected chi connectivity index (χ0v) is 18.8. The normalized spacial score (nSPS) is 10.9. The van der Waals surface area contributed by atoms with E-state index in [1.165, 1.54) is 22.7 Å². The SMILES string of the molecule is Cc1cc(C)c(NC(=O)c2sc(NC(=O)c3cc4ccccc4s3)nc2C)c(C)c1. The number of benzene rings is 2. The van der Waals surface area contributed by atoms with E-state index in [4.69, 9.17) is 0 Å². The number of aryl methyl sites for hydroxylation is 4. The lowest BCUT2D eigenvalue weighted by atomic mass is 10.1. The summed E-state index contributed by atoms with van der Waals surface area (Å²) in [6, 6.07) is 13.8. The molecule has 0 atom stereocenters. The molecule has 30 heavy (non-hydrogen) atoms. The summed E-state index contributed by atoms with van der Waals surface area (Å²) in [5, 5.41) is 7.28. The molecule has 0 saturated carbocycles. The Balaban J connectivity index is 1.53. The van der Waals surface area contributed by atoms with Gasteiger partial charge in [-0.05, 0) is 56.3 Å². The number of carbonyl (C=O) groups excluding carboxylic acids is 2. The highest BCUT2D eigenvalue weighted by Crippen LogP contribution is 2.29. The fourth-order valence-electron chi connectivity index (χ4n) is 3.46. The van der Waals surface area contributed by atoms with Crippen LogP contribution in [0.5, 0.6) is 0 Å². The second-order valence-corrected chi connectivity index (χ2v) is 9.35. The lowest BCUT2D eigenvalue weighted by Gasteiger charge is -2.12. The van der Waals surface area contributed by atoms with Gasteiger partial charge in [0.15, 0.2) is 5.13 Å². The number of fused-ring (bicyclic) bond motifs is 1. The molecule has 0 radical (unpaired) electrons. The monoisotopic (exact) mass is 435 g/mol. The molecule has 2 aromatic carbocycles. The second kappa shape index (κ2) is 8.01. The highest BCUT2D eigenvalue weighted by Gasteiger charge is 2.19. The van der Waals surface area contributed by atoms with Crippen molar-refractivity contribution in [1.82, 2.24) is 4.98 Å². The molecular weight excluding hydrogens is 414 g/mol. The van der Waals surface area contributed by atoms with Crippen molar-refractivity contribution in [2.75, 3.05) is 10.6 Å². The van der Waals surface area contributed by atoms with Gasteiger partial charge in [0.2, 0.25) is 0 Å². The average Bonchev–Trinajstić information content (AvgIpc) is 3.28. The van der Waals surface area contributed by atoms with Gasteiger partial charge in [0.05, 0.1) is 10.6 Å². The fraction of sp³-hybridized carbons (Fsp3) is 0.174. The van der Waals surface area contributed by atoms with E-state index < -0.39 is 0 Å². The van der Waals surface area contributed by atoms with Crippen molar-refractivity contribution in [3.05, 3.63) is 74.6 Å². The summed E-state index contributed by atoms with van der Waals surface area (Å²) in [4.78, 5) is 31.0. The molecule has 4 rings (SSSR count). The maximum Gasteiger partial charge on any atom is 0.267 e. The summed E-state index contributed by atoms with van der Waals surface area (Å²) in [5.41, 5.74) is 4.59. The smallest absolute Gasteiger partial charge is 0.267 e. The molecule has 0 aliphatic rings. The van der Waals surface area contributed by atoms with Gasteiger partial charge in [0, 0.05) is 10.4 Å². The predicted molar refractivity (Wildman–Crippen MR) is 125 cm³/mol. The Kier molecular flexibility index (Phi) is 5.40. The van der Waals surface area contributed by atoms with Crippen molar-refractivity contribution in [3.8, 4) is 0 Å². The lowest BCUT2D eigenvalue weighted by molar-refractivity contribution is 0.102. The highest BCUT2D eigenvalue weighted by molar-refractivity contribution is 7.21. The number of anilines is 2. The number of amides is 2. The molecule has 0 unspecified atom stereocenters. The quantitative estimate of drug-likeness (QED) is 0.407. The first kappa shape index (κ1) is 20.3. The van der Waals surface area contributed by atoms with Gasteiger partial charge in [-0.15, -0.1) is 11.3 Å². The zero-order valence-electron chi connectivity index (χ0n) is 17.1. The van der Waals surface area contributed by atoms with Crippen LogP contribution in [0.25, 0.3) is 10.1 Å². The summed E-state index contributed by atoms with van der Waals surface area (Å²) < 4.78 is 1.06. The van der Waals surface area contributed by atoms with Crippen LogP contribution in [0.4, 0.5) is 10.8 Å². The largest absolute Gasteiger partial charge is 0.321 e. The van der Waals surface area contributed by atoms with Crippen molar-refractivity contribution in [1.29, 1.82) is 0 Å². The molecule has 0 aliphatic carbocycles. The number of aromatic nitrogens is 1. The third-order valence-electron chi connectivity index (χ3n) is 4.79. The highest BCUT2D eigenvalue weighted by atomic mass is 32.1. The van der Waals surface area contributed by atoms with Crippen LogP contribution < -0.4 is 10.6 Å². The van der Waals surface area contributed by atoms with Crippen molar-refractivity contribution in [3.63, 3.8) is 0 Å². The summed E-state index contributed by atoms with van der Waals surface area (Å²) >= 11 is 2.61. The maximum atomic E-state index is 12.9. The van der Waals surface area contributed by atoms with Gasteiger partial charge in [-0.1, -0.05) is 47.2 Å². The van der Waals surface area contributed by atoms with E-state index in [9.17, 15) is 9.59 Å². The Bertz CT molecular complexity index is 1230. The third kappa shape index (κ3) is 3.99. The van der Waals surface area contributed by atoms with E-state index in [0.717, 1.165) is 32.5 Å². The molecule has 0 spiro atoms. The van der Waals surface area contributed by atoms with E-state index in [-0.39, 0.29) is 11.8 Å². The number of nitrogens with one attached hydrogen (secondary N) is 2. The molecule has 0 bridgehead atoms. The summed E-state index contributed by atoms with van der Waals surface area (Å²) in [6.07, 6.45) is 0. The van der Waals surface area contributed by atoms with Crippen LogP contribution in [-0.4, -0.2) is 16.8 Å². The number of carbonyl (C=O) groups is 2. The number of hydrogen-bond donors (Lipinski definition) is 2. The molecule has 7 heteroatoms. The zero-order chi connectivity index (χ0) is 21.4. The lowest BCUT2D eigenvalue weighted by Crippen LogP contribution is -2.13. The Morgan fingerprint density at radius 2 is 1.57 bits per heavy atom. The maximum absolute atomic E-state index is 12.9. The molecular formula is C23H21N3O2S2. The van der Waals surface area contributed by atoms with Crippen LogP contribution in [0.15, 0.2) is 42.5 Å². The van der Waals surface area contributed by atoms with E-state index in [0.29, 0.717) is 20.6 Å². The molecule has 0 fully saturated rings. The Morgan fingerprint density at radius 3 is 2.27 bits per heavy atom. The molecule has 4 aromatic rings. The standard InChI is InChI=1S/C23H21N3O2S2/c1-12-9-13(2)19(14(3)10-12)25-22(28)20-15(4)24-23(30-20)26-21(27)18-11-16-7-5-6-8-17(16)29-18/h5-11H,1-4H3,(H,25,28)(H,24,26,27). The molecule has 2 N–H and O–H groups in total. The third-order valence-corrected chi connectivity index (χ3v) is 6.97. The molecule has 0 aliphatic heterocycles. The second-order valence-electron chi connectivity index (χ2n) is 7.26. The van der Waals surface area contributed by atoms with Crippen LogP contribution in [-0.2, 0) is 0 Å².